The van der Waals surface area contributed by atoms with Crippen LogP contribution in [-0.2, 0) is 41.2 Å². The third-order valence-electron chi connectivity index (χ3n) is 4.28. The molecule has 11 heteroatoms. The van der Waals surface area contributed by atoms with Crippen LogP contribution in [0.1, 0.15) is 40.5 Å². The molecule has 0 aliphatic rings. The van der Waals surface area contributed by atoms with Crippen molar-refractivity contribution in [2.45, 2.75) is 58.4 Å². The minimum absolute atomic E-state index is 0.134. The fourth-order valence-corrected chi connectivity index (χ4v) is 5.81. The van der Waals surface area contributed by atoms with Crippen LogP contribution in [0.3, 0.4) is 0 Å². The summed E-state index contributed by atoms with van der Waals surface area (Å²) in [5.41, 5.74) is 0.239. The van der Waals surface area contributed by atoms with E-state index in [-0.39, 0.29) is 12.1 Å². The molecule has 0 aliphatic heterocycles. The second-order valence-electron chi connectivity index (χ2n) is 6.65. The highest BCUT2D eigenvalue weighted by atomic mass is 28.4. The topological polar surface area (TPSA) is 98.8 Å². The molecule has 0 amide bonds. The SMILES string of the molecule is C=C(C)C(=O)OC(CC)C[SiH](OC)OC.C=C(C)C(=O)OC(CC)[Si](OC)(OC)OC. The lowest BCUT2D eigenvalue weighted by Crippen LogP contribution is -2.56. The van der Waals surface area contributed by atoms with E-state index < -0.39 is 29.8 Å². The molecule has 0 fully saturated rings. The van der Waals surface area contributed by atoms with Gasteiger partial charge in [0.1, 0.15) is 6.10 Å². The van der Waals surface area contributed by atoms with Crippen molar-refractivity contribution in [2.75, 3.05) is 35.5 Å². The molecular formula is C20H40O9Si2. The van der Waals surface area contributed by atoms with Crippen molar-refractivity contribution in [3.63, 3.8) is 0 Å². The van der Waals surface area contributed by atoms with E-state index in [2.05, 4.69) is 13.2 Å². The van der Waals surface area contributed by atoms with E-state index in [0.717, 1.165) is 6.42 Å². The van der Waals surface area contributed by atoms with Gasteiger partial charge >= 0.3 is 30.0 Å². The summed E-state index contributed by atoms with van der Waals surface area (Å²) in [6, 6.07) is 0.669. The average Bonchev–Trinajstić information content (AvgIpc) is 2.76. The Bertz CT molecular complexity index is 553. The van der Waals surface area contributed by atoms with Gasteiger partial charge in [-0.2, -0.15) is 0 Å². The van der Waals surface area contributed by atoms with Crippen LogP contribution in [0.2, 0.25) is 6.04 Å². The zero-order valence-corrected chi connectivity index (χ0v) is 22.6. The molecule has 0 spiro atoms. The van der Waals surface area contributed by atoms with Crippen molar-refractivity contribution in [3.05, 3.63) is 24.3 Å². The minimum Gasteiger partial charge on any atom is -0.459 e. The summed E-state index contributed by atoms with van der Waals surface area (Å²) in [6.07, 6.45) is 1.18. The Balaban J connectivity index is 0. The van der Waals surface area contributed by atoms with Gasteiger partial charge in [-0.15, -0.1) is 0 Å². The summed E-state index contributed by atoms with van der Waals surface area (Å²) in [4.78, 5) is 22.7. The summed E-state index contributed by atoms with van der Waals surface area (Å²) < 4.78 is 36.6. The van der Waals surface area contributed by atoms with Crippen molar-refractivity contribution in [1.82, 2.24) is 0 Å². The predicted octanol–water partition coefficient (Wildman–Crippen LogP) is 2.70. The van der Waals surface area contributed by atoms with Gasteiger partial charge in [0.2, 0.25) is 0 Å². The number of hydrogen-bond donors (Lipinski definition) is 0. The van der Waals surface area contributed by atoms with Crippen molar-refractivity contribution >= 4 is 30.0 Å². The number of carbonyl (C=O) groups excluding carboxylic acids is 2. The van der Waals surface area contributed by atoms with E-state index in [1.165, 1.54) is 21.3 Å². The molecule has 31 heavy (non-hydrogen) atoms. The van der Waals surface area contributed by atoms with Gasteiger partial charge in [-0.1, -0.05) is 27.0 Å². The zero-order chi connectivity index (χ0) is 24.6. The van der Waals surface area contributed by atoms with Gasteiger partial charge in [-0.3, -0.25) is 0 Å². The molecule has 0 bridgehead atoms. The van der Waals surface area contributed by atoms with E-state index in [9.17, 15) is 9.59 Å². The van der Waals surface area contributed by atoms with Gasteiger partial charge in [0.25, 0.3) is 0 Å². The Morgan fingerprint density at radius 1 is 0.806 bits per heavy atom. The van der Waals surface area contributed by atoms with Gasteiger partial charge in [-0.05, 0) is 26.7 Å². The molecule has 2 unspecified atom stereocenters. The highest BCUT2D eigenvalue weighted by Crippen LogP contribution is 2.19. The number of carbonyl (C=O) groups is 2. The first-order chi connectivity index (χ1) is 14.5. The van der Waals surface area contributed by atoms with Crippen LogP contribution < -0.4 is 0 Å². The second-order valence-corrected chi connectivity index (χ2v) is 12.0. The first-order valence-corrected chi connectivity index (χ1v) is 13.5. The third kappa shape index (κ3) is 11.7. The molecule has 9 nitrogen and oxygen atoms in total. The van der Waals surface area contributed by atoms with E-state index in [1.54, 1.807) is 28.1 Å². The number of rotatable bonds is 14. The fourth-order valence-electron chi connectivity index (χ4n) is 2.33. The highest BCUT2D eigenvalue weighted by molar-refractivity contribution is 6.62. The number of esters is 2. The number of hydrogen-bond acceptors (Lipinski definition) is 9. The highest BCUT2D eigenvalue weighted by Gasteiger charge is 2.49. The molecular weight excluding hydrogens is 440 g/mol. The maximum absolute atomic E-state index is 11.4. The lowest BCUT2D eigenvalue weighted by molar-refractivity contribution is -0.144. The molecule has 0 aromatic carbocycles. The zero-order valence-electron chi connectivity index (χ0n) is 20.4. The van der Waals surface area contributed by atoms with Crippen LogP contribution >= 0.6 is 0 Å². The monoisotopic (exact) mass is 480 g/mol. The van der Waals surface area contributed by atoms with Gasteiger partial charge < -0.3 is 31.6 Å². The molecule has 2 atom stereocenters. The normalized spacial score (nSPS) is 13.0. The molecule has 0 aromatic heterocycles. The van der Waals surface area contributed by atoms with Gasteiger partial charge in [-0.25, -0.2) is 9.59 Å². The summed E-state index contributed by atoms with van der Waals surface area (Å²) in [5.74, 6) is -0.809. The number of ether oxygens (including phenoxy) is 2. The van der Waals surface area contributed by atoms with Gasteiger partial charge in [0.15, 0.2) is 5.73 Å². The van der Waals surface area contributed by atoms with E-state index in [4.69, 9.17) is 31.6 Å². The summed E-state index contributed by atoms with van der Waals surface area (Å²) >= 11 is 0. The van der Waals surface area contributed by atoms with Crippen LogP contribution in [0.4, 0.5) is 0 Å². The summed E-state index contributed by atoms with van der Waals surface area (Å²) in [7, 11) is 3.08. The van der Waals surface area contributed by atoms with Crippen LogP contribution in [-0.4, -0.2) is 77.4 Å². The Labute approximate surface area is 189 Å². The van der Waals surface area contributed by atoms with E-state index in [1.807, 2.05) is 13.8 Å². The maximum atomic E-state index is 11.4. The van der Waals surface area contributed by atoms with Crippen LogP contribution in [0, 0.1) is 0 Å². The quantitative estimate of drug-likeness (QED) is 0.211. The molecule has 0 rings (SSSR count). The molecule has 0 heterocycles. The lowest BCUT2D eigenvalue weighted by atomic mass is 10.3. The van der Waals surface area contributed by atoms with Crippen molar-refractivity contribution in [1.29, 1.82) is 0 Å². The molecule has 0 radical (unpaired) electrons. The Morgan fingerprint density at radius 3 is 1.52 bits per heavy atom. The van der Waals surface area contributed by atoms with Gasteiger partial charge in [0.05, 0.1) is 0 Å². The van der Waals surface area contributed by atoms with Crippen molar-refractivity contribution < 1.29 is 41.2 Å². The fraction of sp³-hybridized carbons (Fsp3) is 0.700. The Morgan fingerprint density at radius 2 is 1.23 bits per heavy atom. The first kappa shape index (κ1) is 31.8. The predicted molar refractivity (Wildman–Crippen MR) is 123 cm³/mol. The van der Waals surface area contributed by atoms with Crippen molar-refractivity contribution in [3.8, 4) is 0 Å². The Hall–Kier alpha value is -1.35. The summed E-state index contributed by atoms with van der Waals surface area (Å²) in [5, 5.41) is 0. The molecule has 0 aromatic rings. The third-order valence-corrected chi connectivity index (χ3v) is 9.26. The van der Waals surface area contributed by atoms with Crippen LogP contribution in [0.15, 0.2) is 24.3 Å². The molecule has 0 saturated carbocycles. The average molecular weight is 481 g/mol. The minimum atomic E-state index is -2.94. The smallest absolute Gasteiger partial charge is 0.459 e. The largest absolute Gasteiger partial charge is 0.543 e. The van der Waals surface area contributed by atoms with Crippen LogP contribution in [0.5, 0.6) is 0 Å². The first-order valence-electron chi connectivity index (χ1n) is 9.96. The van der Waals surface area contributed by atoms with Crippen molar-refractivity contribution in [2.24, 2.45) is 0 Å². The molecule has 0 saturated heterocycles. The van der Waals surface area contributed by atoms with Gasteiger partial charge in [0, 0.05) is 52.7 Å². The van der Waals surface area contributed by atoms with Crippen LogP contribution in [0.25, 0.3) is 0 Å². The second kappa shape index (κ2) is 17.2. The lowest BCUT2D eigenvalue weighted by Gasteiger charge is -2.31. The molecule has 0 N–H and O–H groups in total. The maximum Gasteiger partial charge on any atom is 0.543 e. The van der Waals surface area contributed by atoms with E-state index in [0.29, 0.717) is 23.6 Å². The molecule has 0 aliphatic carbocycles. The standard InChI is InChI=1S/C10H20O5Si.C10H20O4Si/c1-7-9(15-10(11)8(2)3)16(12-4,13-5)14-6;1-6-9(7-15(12-4)13-5)14-10(11)8(2)3/h9H,2,7H2,1,3-6H3;9,15H,2,6-7H2,1,3-5H3. The summed E-state index contributed by atoms with van der Waals surface area (Å²) in [6.45, 7) is 14.1. The van der Waals surface area contributed by atoms with E-state index >= 15 is 0 Å². The molecule has 182 valence electrons. The Kier molecular flexibility index (Phi) is 17.7.